The molecule has 0 radical (unpaired) electrons. The maximum absolute atomic E-state index is 11.4. The van der Waals surface area contributed by atoms with Crippen molar-refractivity contribution in [2.75, 3.05) is 6.54 Å². The average Bonchev–Trinajstić information content (AvgIpc) is 2.32. The van der Waals surface area contributed by atoms with Crippen molar-refractivity contribution in [1.29, 1.82) is 0 Å². The maximum Gasteiger partial charge on any atom is 0.407 e. The Kier molecular flexibility index (Phi) is 5.74. The van der Waals surface area contributed by atoms with E-state index in [0.717, 1.165) is 18.4 Å². The van der Waals surface area contributed by atoms with Crippen LogP contribution in [-0.2, 0) is 21.2 Å². The molecule has 0 aliphatic rings. The van der Waals surface area contributed by atoms with E-state index in [0.29, 0.717) is 6.54 Å². The standard InChI is InChI=1S/C14H22N2O4S/c1-14(2,3)20-13(17)16-10-4-5-11-6-8-12(9-7-11)21(15,18)19/h6-9H,4-5,10H2,1-3H3,(H,16,17)(H2,15,18,19). The highest BCUT2D eigenvalue weighted by molar-refractivity contribution is 7.89. The summed E-state index contributed by atoms with van der Waals surface area (Å²) < 4.78 is 27.3. The molecule has 1 amide bonds. The molecule has 0 unspecified atom stereocenters. The highest BCUT2D eigenvalue weighted by atomic mass is 32.2. The quantitative estimate of drug-likeness (QED) is 0.809. The van der Waals surface area contributed by atoms with E-state index in [9.17, 15) is 13.2 Å². The number of carbonyl (C=O) groups is 1. The molecule has 0 fully saturated rings. The molecule has 1 rings (SSSR count). The molecule has 118 valence electrons. The lowest BCUT2D eigenvalue weighted by Crippen LogP contribution is -2.33. The van der Waals surface area contributed by atoms with Gasteiger partial charge in [-0.05, 0) is 51.3 Å². The van der Waals surface area contributed by atoms with Gasteiger partial charge in [-0.25, -0.2) is 18.4 Å². The molecule has 0 heterocycles. The summed E-state index contributed by atoms with van der Waals surface area (Å²) in [4.78, 5) is 11.5. The first-order valence-electron chi connectivity index (χ1n) is 6.66. The third kappa shape index (κ3) is 7.10. The van der Waals surface area contributed by atoms with Gasteiger partial charge in [0.2, 0.25) is 10.0 Å². The van der Waals surface area contributed by atoms with Crippen molar-refractivity contribution in [3.63, 3.8) is 0 Å². The van der Waals surface area contributed by atoms with Crippen molar-refractivity contribution in [3.05, 3.63) is 29.8 Å². The predicted molar refractivity (Wildman–Crippen MR) is 80.4 cm³/mol. The van der Waals surface area contributed by atoms with Crippen LogP contribution in [-0.4, -0.2) is 26.7 Å². The molecule has 0 aliphatic heterocycles. The molecular formula is C14H22N2O4S. The average molecular weight is 314 g/mol. The van der Waals surface area contributed by atoms with Crippen molar-refractivity contribution in [2.45, 2.75) is 44.1 Å². The van der Waals surface area contributed by atoms with Crippen LogP contribution in [0.25, 0.3) is 0 Å². The topological polar surface area (TPSA) is 98.5 Å². The Labute approximate surface area is 125 Å². The molecule has 21 heavy (non-hydrogen) atoms. The largest absolute Gasteiger partial charge is 0.444 e. The van der Waals surface area contributed by atoms with Crippen molar-refractivity contribution in [3.8, 4) is 0 Å². The lowest BCUT2D eigenvalue weighted by Gasteiger charge is -2.19. The van der Waals surface area contributed by atoms with Crippen molar-refractivity contribution in [1.82, 2.24) is 5.32 Å². The van der Waals surface area contributed by atoms with Crippen LogP contribution in [0.5, 0.6) is 0 Å². The maximum atomic E-state index is 11.4. The lowest BCUT2D eigenvalue weighted by molar-refractivity contribution is 0.0527. The molecule has 3 N–H and O–H groups in total. The molecule has 1 aromatic carbocycles. The summed E-state index contributed by atoms with van der Waals surface area (Å²) in [6.07, 6.45) is 1.02. The number of hydrogen-bond donors (Lipinski definition) is 2. The monoisotopic (exact) mass is 314 g/mol. The number of sulfonamides is 1. The van der Waals surface area contributed by atoms with E-state index in [1.807, 2.05) is 0 Å². The Morgan fingerprint density at radius 3 is 2.29 bits per heavy atom. The number of ether oxygens (including phenoxy) is 1. The second kappa shape index (κ2) is 6.91. The Morgan fingerprint density at radius 1 is 1.24 bits per heavy atom. The van der Waals surface area contributed by atoms with Gasteiger partial charge in [0.1, 0.15) is 5.60 Å². The summed E-state index contributed by atoms with van der Waals surface area (Å²) in [6, 6.07) is 6.39. The molecule has 0 saturated heterocycles. The molecule has 0 saturated carbocycles. The molecule has 0 aromatic heterocycles. The minimum absolute atomic E-state index is 0.0955. The highest BCUT2D eigenvalue weighted by Crippen LogP contribution is 2.10. The summed E-state index contributed by atoms with van der Waals surface area (Å²) in [5.41, 5.74) is 0.474. The highest BCUT2D eigenvalue weighted by Gasteiger charge is 2.15. The van der Waals surface area contributed by atoms with Crippen LogP contribution >= 0.6 is 0 Å². The Bertz CT molecular complexity index is 574. The number of amides is 1. The van der Waals surface area contributed by atoms with Crippen LogP contribution in [0.1, 0.15) is 32.8 Å². The van der Waals surface area contributed by atoms with Crippen LogP contribution in [0.15, 0.2) is 29.2 Å². The van der Waals surface area contributed by atoms with E-state index in [2.05, 4.69) is 5.32 Å². The smallest absolute Gasteiger partial charge is 0.407 e. The summed E-state index contributed by atoms with van der Waals surface area (Å²) in [7, 11) is -3.65. The fraction of sp³-hybridized carbons (Fsp3) is 0.500. The molecule has 0 bridgehead atoms. The SMILES string of the molecule is CC(C)(C)OC(=O)NCCCc1ccc(S(N)(=O)=O)cc1. The number of nitrogens with one attached hydrogen (secondary N) is 1. The van der Waals surface area contributed by atoms with Crippen molar-refractivity contribution < 1.29 is 17.9 Å². The van der Waals surface area contributed by atoms with Gasteiger partial charge in [-0.2, -0.15) is 0 Å². The molecule has 0 atom stereocenters. The summed E-state index contributed by atoms with van der Waals surface area (Å²) >= 11 is 0. The Hall–Kier alpha value is -1.60. The minimum atomic E-state index is -3.65. The van der Waals surface area contributed by atoms with Crippen LogP contribution in [0, 0.1) is 0 Å². The van der Waals surface area contributed by atoms with E-state index in [-0.39, 0.29) is 4.90 Å². The molecule has 0 spiro atoms. The van der Waals surface area contributed by atoms with E-state index < -0.39 is 21.7 Å². The van der Waals surface area contributed by atoms with Gasteiger partial charge >= 0.3 is 6.09 Å². The van der Waals surface area contributed by atoms with Crippen LogP contribution in [0.4, 0.5) is 4.79 Å². The van der Waals surface area contributed by atoms with Gasteiger partial charge in [-0.1, -0.05) is 12.1 Å². The zero-order valence-corrected chi connectivity index (χ0v) is 13.4. The molecule has 6 nitrogen and oxygen atoms in total. The van der Waals surface area contributed by atoms with Crippen LogP contribution in [0.2, 0.25) is 0 Å². The third-order valence-corrected chi connectivity index (χ3v) is 3.49. The fourth-order valence-corrected chi connectivity index (χ4v) is 2.16. The van der Waals surface area contributed by atoms with Crippen molar-refractivity contribution >= 4 is 16.1 Å². The zero-order chi connectivity index (χ0) is 16.1. The summed E-state index contributed by atoms with van der Waals surface area (Å²) in [5, 5.41) is 7.69. The number of nitrogens with two attached hydrogens (primary N) is 1. The van der Waals surface area contributed by atoms with E-state index in [4.69, 9.17) is 9.88 Å². The summed E-state index contributed by atoms with van der Waals surface area (Å²) in [5.74, 6) is 0. The Morgan fingerprint density at radius 2 is 1.81 bits per heavy atom. The van der Waals surface area contributed by atoms with Gasteiger partial charge in [0.05, 0.1) is 4.90 Å². The van der Waals surface area contributed by atoms with Gasteiger partial charge < -0.3 is 10.1 Å². The molecule has 7 heteroatoms. The van der Waals surface area contributed by atoms with Gasteiger partial charge in [0, 0.05) is 6.54 Å². The lowest BCUT2D eigenvalue weighted by atomic mass is 10.1. The predicted octanol–water partition coefficient (Wildman–Crippen LogP) is 1.79. The van der Waals surface area contributed by atoms with Gasteiger partial charge in [0.25, 0.3) is 0 Å². The first kappa shape index (κ1) is 17.5. The number of rotatable bonds is 5. The van der Waals surface area contributed by atoms with Crippen molar-refractivity contribution in [2.24, 2.45) is 5.14 Å². The second-order valence-corrected chi connectivity index (χ2v) is 7.28. The van der Waals surface area contributed by atoms with Gasteiger partial charge in [0.15, 0.2) is 0 Å². The van der Waals surface area contributed by atoms with Gasteiger partial charge in [-0.3, -0.25) is 0 Å². The molecular weight excluding hydrogens is 292 g/mol. The number of primary sulfonamides is 1. The third-order valence-electron chi connectivity index (χ3n) is 2.56. The summed E-state index contributed by atoms with van der Waals surface area (Å²) in [6.45, 7) is 5.91. The van der Waals surface area contributed by atoms with Crippen LogP contribution < -0.4 is 10.5 Å². The number of benzene rings is 1. The van der Waals surface area contributed by atoms with Crippen LogP contribution in [0.3, 0.4) is 0 Å². The number of alkyl carbamates (subject to hydrolysis) is 1. The van der Waals surface area contributed by atoms with E-state index >= 15 is 0 Å². The fourth-order valence-electron chi connectivity index (χ4n) is 1.64. The van der Waals surface area contributed by atoms with Gasteiger partial charge in [-0.15, -0.1) is 0 Å². The molecule has 1 aromatic rings. The number of hydrogen-bond acceptors (Lipinski definition) is 4. The first-order valence-corrected chi connectivity index (χ1v) is 8.21. The normalized spacial score (nSPS) is 12.0. The first-order chi connectivity index (χ1) is 9.58. The minimum Gasteiger partial charge on any atom is -0.444 e. The Balaban J connectivity index is 2.35. The number of carbonyl (C=O) groups excluding carboxylic acids is 1. The zero-order valence-electron chi connectivity index (χ0n) is 12.5. The van der Waals surface area contributed by atoms with E-state index in [1.165, 1.54) is 12.1 Å². The molecule has 0 aliphatic carbocycles. The van der Waals surface area contributed by atoms with E-state index in [1.54, 1.807) is 32.9 Å². The second-order valence-electron chi connectivity index (χ2n) is 5.72. The number of aryl methyl sites for hydroxylation is 1.